The van der Waals surface area contributed by atoms with E-state index in [2.05, 4.69) is 26.0 Å². The molecule has 1 heterocycles. The molecule has 116 valence electrons. The lowest BCUT2D eigenvalue weighted by Gasteiger charge is -2.37. The monoisotopic (exact) mass is 289 g/mol. The molecule has 3 nitrogen and oxygen atoms in total. The maximum atomic E-state index is 6.72. The molecule has 2 aliphatic rings. The van der Waals surface area contributed by atoms with Gasteiger partial charge in [0.05, 0.1) is 0 Å². The summed E-state index contributed by atoms with van der Waals surface area (Å²) < 4.78 is 11.3. The second kappa shape index (κ2) is 5.88. The first-order valence-electron chi connectivity index (χ1n) is 8.26. The summed E-state index contributed by atoms with van der Waals surface area (Å²) >= 11 is 0. The van der Waals surface area contributed by atoms with Crippen LogP contribution in [0.1, 0.15) is 57.6 Å². The van der Waals surface area contributed by atoms with Gasteiger partial charge in [-0.1, -0.05) is 32.8 Å². The summed E-state index contributed by atoms with van der Waals surface area (Å²) in [5, 5.41) is 0. The lowest BCUT2D eigenvalue weighted by molar-refractivity contribution is 0.168. The van der Waals surface area contributed by atoms with Gasteiger partial charge in [-0.2, -0.15) is 0 Å². The molecule has 1 unspecified atom stereocenters. The van der Waals surface area contributed by atoms with E-state index >= 15 is 0 Å². The van der Waals surface area contributed by atoms with E-state index < -0.39 is 0 Å². The molecule has 21 heavy (non-hydrogen) atoms. The third-order valence-corrected chi connectivity index (χ3v) is 5.00. The van der Waals surface area contributed by atoms with Gasteiger partial charge in [-0.25, -0.2) is 0 Å². The Morgan fingerprint density at radius 3 is 2.43 bits per heavy atom. The first kappa shape index (κ1) is 14.7. The fourth-order valence-corrected chi connectivity index (χ4v) is 4.14. The van der Waals surface area contributed by atoms with Crippen molar-refractivity contribution in [3.05, 3.63) is 23.8 Å². The summed E-state index contributed by atoms with van der Waals surface area (Å²) in [6.07, 6.45) is 6.33. The average molecular weight is 289 g/mol. The van der Waals surface area contributed by atoms with E-state index in [0.29, 0.717) is 19.1 Å². The van der Waals surface area contributed by atoms with Gasteiger partial charge in [-0.15, -0.1) is 0 Å². The maximum Gasteiger partial charge on any atom is 0.161 e. The van der Waals surface area contributed by atoms with Crippen LogP contribution >= 0.6 is 0 Å². The Bertz CT molecular complexity index is 492. The number of nitrogens with two attached hydrogens (primary N) is 1. The standard InChI is InChI=1S/C18H27NO2/c1-13(2)12-18(7-3-4-8-18)17(19)14-5-6-15-16(11-14)21-10-9-20-15/h5-6,11,13,17H,3-4,7-10,12,19H2,1-2H3. The zero-order chi connectivity index (χ0) is 14.9. The molecule has 1 atom stereocenters. The minimum Gasteiger partial charge on any atom is -0.486 e. The van der Waals surface area contributed by atoms with E-state index in [1.165, 1.54) is 37.7 Å². The fraction of sp³-hybridized carbons (Fsp3) is 0.667. The van der Waals surface area contributed by atoms with Crippen LogP contribution in [0.25, 0.3) is 0 Å². The van der Waals surface area contributed by atoms with Crippen LogP contribution < -0.4 is 15.2 Å². The molecule has 1 aliphatic carbocycles. The minimum atomic E-state index is 0.0956. The maximum absolute atomic E-state index is 6.72. The molecular formula is C18H27NO2. The molecule has 1 aromatic carbocycles. The fourth-order valence-electron chi connectivity index (χ4n) is 4.14. The molecule has 1 aliphatic heterocycles. The van der Waals surface area contributed by atoms with Gasteiger partial charge < -0.3 is 15.2 Å². The van der Waals surface area contributed by atoms with Crippen molar-refractivity contribution in [2.45, 2.75) is 52.0 Å². The molecule has 1 saturated carbocycles. The average Bonchev–Trinajstić information content (AvgIpc) is 2.95. The highest BCUT2D eigenvalue weighted by Crippen LogP contribution is 2.51. The number of hydrogen-bond donors (Lipinski definition) is 1. The molecule has 0 amide bonds. The van der Waals surface area contributed by atoms with Crippen molar-refractivity contribution in [1.29, 1.82) is 0 Å². The zero-order valence-electron chi connectivity index (χ0n) is 13.2. The lowest BCUT2D eigenvalue weighted by atomic mass is 9.71. The number of benzene rings is 1. The molecule has 1 fully saturated rings. The summed E-state index contributed by atoms with van der Waals surface area (Å²) in [5.41, 5.74) is 8.18. The smallest absolute Gasteiger partial charge is 0.161 e. The third-order valence-electron chi connectivity index (χ3n) is 5.00. The SMILES string of the molecule is CC(C)CC1(C(N)c2ccc3c(c2)OCCO3)CCCC1. The number of hydrogen-bond acceptors (Lipinski definition) is 3. The molecule has 1 aromatic rings. The van der Waals surface area contributed by atoms with Gasteiger partial charge in [0.15, 0.2) is 11.5 Å². The predicted octanol–water partition coefficient (Wildman–Crippen LogP) is 4.06. The summed E-state index contributed by atoms with van der Waals surface area (Å²) in [5.74, 6) is 2.39. The Labute approximate surface area is 127 Å². The largest absolute Gasteiger partial charge is 0.486 e. The highest BCUT2D eigenvalue weighted by atomic mass is 16.6. The van der Waals surface area contributed by atoms with Crippen LogP contribution in [0.15, 0.2) is 18.2 Å². The minimum absolute atomic E-state index is 0.0956. The van der Waals surface area contributed by atoms with Gasteiger partial charge in [0.2, 0.25) is 0 Å². The quantitative estimate of drug-likeness (QED) is 0.909. The Balaban J connectivity index is 1.87. The second-order valence-corrected chi connectivity index (χ2v) is 7.05. The summed E-state index contributed by atoms with van der Waals surface area (Å²) in [6.45, 7) is 5.87. The van der Waals surface area contributed by atoms with E-state index in [4.69, 9.17) is 15.2 Å². The van der Waals surface area contributed by atoms with Crippen LogP contribution in [-0.4, -0.2) is 13.2 Å². The van der Waals surface area contributed by atoms with Gasteiger partial charge in [0.25, 0.3) is 0 Å². The van der Waals surface area contributed by atoms with E-state index in [1.807, 2.05) is 6.07 Å². The normalized spacial score (nSPS) is 21.5. The molecule has 2 N–H and O–H groups in total. The zero-order valence-corrected chi connectivity index (χ0v) is 13.2. The van der Waals surface area contributed by atoms with Crippen molar-refractivity contribution < 1.29 is 9.47 Å². The highest BCUT2D eigenvalue weighted by molar-refractivity contribution is 5.45. The second-order valence-electron chi connectivity index (χ2n) is 7.05. The van der Waals surface area contributed by atoms with Crippen molar-refractivity contribution in [2.75, 3.05) is 13.2 Å². The number of ether oxygens (including phenoxy) is 2. The summed E-state index contributed by atoms with van der Waals surface area (Å²) in [7, 11) is 0. The van der Waals surface area contributed by atoms with Gasteiger partial charge in [-0.05, 0) is 48.3 Å². The van der Waals surface area contributed by atoms with E-state index in [1.54, 1.807) is 0 Å². The van der Waals surface area contributed by atoms with Crippen molar-refractivity contribution >= 4 is 0 Å². The summed E-state index contributed by atoms with van der Waals surface area (Å²) in [4.78, 5) is 0. The molecule has 3 rings (SSSR count). The molecule has 0 aromatic heterocycles. The lowest BCUT2D eigenvalue weighted by Crippen LogP contribution is -2.33. The van der Waals surface area contributed by atoms with Crippen molar-refractivity contribution in [1.82, 2.24) is 0 Å². The molecule has 0 saturated heterocycles. The Morgan fingerprint density at radius 1 is 1.10 bits per heavy atom. The molecule has 0 spiro atoms. The van der Waals surface area contributed by atoms with Gasteiger partial charge in [0, 0.05) is 6.04 Å². The summed E-state index contributed by atoms with van der Waals surface area (Å²) in [6, 6.07) is 6.33. The van der Waals surface area contributed by atoms with Crippen LogP contribution in [0, 0.1) is 11.3 Å². The van der Waals surface area contributed by atoms with E-state index in [0.717, 1.165) is 11.5 Å². The molecule has 0 radical (unpaired) electrons. The van der Waals surface area contributed by atoms with E-state index in [-0.39, 0.29) is 11.5 Å². The van der Waals surface area contributed by atoms with Crippen molar-refractivity contribution in [3.63, 3.8) is 0 Å². The highest BCUT2D eigenvalue weighted by Gasteiger charge is 2.40. The predicted molar refractivity (Wildman–Crippen MR) is 84.7 cm³/mol. The van der Waals surface area contributed by atoms with Crippen LogP contribution in [-0.2, 0) is 0 Å². The van der Waals surface area contributed by atoms with Crippen LogP contribution in [0.4, 0.5) is 0 Å². The van der Waals surface area contributed by atoms with Crippen LogP contribution in [0.2, 0.25) is 0 Å². The van der Waals surface area contributed by atoms with Gasteiger partial charge in [0.1, 0.15) is 13.2 Å². The Hall–Kier alpha value is -1.22. The van der Waals surface area contributed by atoms with Gasteiger partial charge in [-0.3, -0.25) is 0 Å². The topological polar surface area (TPSA) is 44.5 Å². The van der Waals surface area contributed by atoms with E-state index in [9.17, 15) is 0 Å². The number of rotatable bonds is 4. The van der Waals surface area contributed by atoms with Crippen LogP contribution in [0.5, 0.6) is 11.5 Å². The van der Waals surface area contributed by atoms with Crippen molar-refractivity contribution in [2.24, 2.45) is 17.1 Å². The van der Waals surface area contributed by atoms with Crippen molar-refractivity contribution in [3.8, 4) is 11.5 Å². The Kier molecular flexibility index (Phi) is 4.12. The first-order valence-corrected chi connectivity index (χ1v) is 8.26. The molecular weight excluding hydrogens is 262 g/mol. The third kappa shape index (κ3) is 2.89. The van der Waals surface area contributed by atoms with Gasteiger partial charge >= 0.3 is 0 Å². The molecule has 3 heteroatoms. The molecule has 0 bridgehead atoms. The van der Waals surface area contributed by atoms with Crippen LogP contribution in [0.3, 0.4) is 0 Å². The first-order chi connectivity index (χ1) is 10.1. The number of fused-ring (bicyclic) bond motifs is 1. The Morgan fingerprint density at radius 2 is 1.76 bits per heavy atom.